The quantitative estimate of drug-likeness (QED) is 0.817. The lowest BCUT2D eigenvalue weighted by molar-refractivity contribution is 0.601. The van der Waals surface area contributed by atoms with E-state index >= 15 is 0 Å². The van der Waals surface area contributed by atoms with Crippen molar-refractivity contribution in [2.75, 3.05) is 5.75 Å². The van der Waals surface area contributed by atoms with Crippen molar-refractivity contribution in [2.24, 2.45) is 5.73 Å². The first-order valence-corrected chi connectivity index (χ1v) is 8.12. The van der Waals surface area contributed by atoms with Gasteiger partial charge in [0.2, 0.25) is 0 Å². The van der Waals surface area contributed by atoms with Crippen molar-refractivity contribution in [3.63, 3.8) is 0 Å². The number of halogens is 2. The zero-order chi connectivity index (χ0) is 13.0. The van der Waals surface area contributed by atoms with Crippen molar-refractivity contribution in [3.8, 4) is 0 Å². The molecule has 2 N–H and O–H groups in total. The first kappa shape index (κ1) is 14.1. The zero-order valence-electron chi connectivity index (χ0n) is 9.61. The monoisotopic (exact) mass is 345 g/mol. The molecule has 0 fully saturated rings. The summed E-state index contributed by atoms with van der Waals surface area (Å²) < 4.78 is 14.5. The van der Waals surface area contributed by atoms with Gasteiger partial charge in [-0.3, -0.25) is 0 Å². The van der Waals surface area contributed by atoms with E-state index in [9.17, 15) is 4.39 Å². The molecule has 0 radical (unpaired) electrons. The highest BCUT2D eigenvalue weighted by atomic mass is 79.9. The number of benzene rings is 1. The van der Waals surface area contributed by atoms with Crippen molar-refractivity contribution >= 4 is 39.0 Å². The van der Waals surface area contributed by atoms with E-state index in [1.165, 1.54) is 22.7 Å². The van der Waals surface area contributed by atoms with E-state index in [4.69, 9.17) is 5.73 Å². The maximum Gasteiger partial charge on any atom is 0.136 e. The summed E-state index contributed by atoms with van der Waals surface area (Å²) in [6, 6.07) is 10.9. The third-order valence-corrected chi connectivity index (χ3v) is 5.26. The Hall–Kier alpha value is -0.360. The number of rotatable bonds is 5. The van der Waals surface area contributed by atoms with Crippen LogP contribution in [0, 0.1) is 5.82 Å². The van der Waals surface area contributed by atoms with Crippen LogP contribution in [0.2, 0.25) is 0 Å². The molecule has 1 aromatic heterocycles. The first-order chi connectivity index (χ1) is 8.65. The van der Waals surface area contributed by atoms with Crippen LogP contribution in [0.25, 0.3) is 0 Å². The standard InChI is InChI=1S/C13H13BrFNS2/c14-13-6-5-10(18-13)7-9(16)8-17-12-4-2-1-3-11(12)15/h1-6,9H,7-8,16H2. The molecule has 0 amide bonds. The first-order valence-electron chi connectivity index (χ1n) is 5.52. The van der Waals surface area contributed by atoms with E-state index in [0.29, 0.717) is 4.90 Å². The van der Waals surface area contributed by atoms with Crippen LogP contribution in [0.15, 0.2) is 45.1 Å². The minimum Gasteiger partial charge on any atom is -0.327 e. The van der Waals surface area contributed by atoms with E-state index in [1.807, 2.05) is 12.1 Å². The lowest BCUT2D eigenvalue weighted by Gasteiger charge is -2.10. The second-order valence-electron chi connectivity index (χ2n) is 3.91. The number of nitrogens with two attached hydrogens (primary N) is 1. The van der Waals surface area contributed by atoms with Crippen LogP contribution in [0.1, 0.15) is 4.88 Å². The predicted octanol–water partition coefficient (Wildman–Crippen LogP) is 4.31. The van der Waals surface area contributed by atoms with Gasteiger partial charge in [0.05, 0.1) is 3.79 Å². The summed E-state index contributed by atoms with van der Waals surface area (Å²) in [6.45, 7) is 0. The van der Waals surface area contributed by atoms with Crippen LogP contribution in [0.3, 0.4) is 0 Å². The molecule has 0 spiro atoms. The van der Waals surface area contributed by atoms with Gasteiger partial charge in [-0.05, 0) is 46.6 Å². The Morgan fingerprint density at radius 1 is 1.28 bits per heavy atom. The van der Waals surface area contributed by atoms with Gasteiger partial charge in [-0.2, -0.15) is 0 Å². The molecule has 1 heterocycles. The largest absolute Gasteiger partial charge is 0.327 e. The normalized spacial score (nSPS) is 12.6. The third kappa shape index (κ3) is 4.09. The zero-order valence-corrected chi connectivity index (χ0v) is 12.8. The van der Waals surface area contributed by atoms with Gasteiger partial charge in [0.15, 0.2) is 0 Å². The number of hydrogen-bond acceptors (Lipinski definition) is 3. The molecule has 0 saturated carbocycles. The van der Waals surface area contributed by atoms with E-state index in [1.54, 1.807) is 23.5 Å². The maximum atomic E-state index is 13.4. The van der Waals surface area contributed by atoms with Crippen LogP contribution in [0.4, 0.5) is 4.39 Å². The Labute approximate surface area is 123 Å². The Morgan fingerprint density at radius 2 is 2.06 bits per heavy atom. The van der Waals surface area contributed by atoms with Crippen LogP contribution >= 0.6 is 39.0 Å². The van der Waals surface area contributed by atoms with Crippen molar-refractivity contribution in [3.05, 3.63) is 50.9 Å². The Balaban J connectivity index is 1.85. The molecule has 96 valence electrons. The van der Waals surface area contributed by atoms with Crippen molar-refractivity contribution in [2.45, 2.75) is 17.4 Å². The summed E-state index contributed by atoms with van der Waals surface area (Å²) in [6.07, 6.45) is 0.831. The SMILES string of the molecule is NC(CSc1ccccc1F)Cc1ccc(Br)s1. The van der Waals surface area contributed by atoms with Crippen molar-refractivity contribution in [1.29, 1.82) is 0 Å². The van der Waals surface area contributed by atoms with Crippen LogP contribution in [-0.4, -0.2) is 11.8 Å². The van der Waals surface area contributed by atoms with Crippen molar-refractivity contribution < 1.29 is 4.39 Å². The molecular weight excluding hydrogens is 333 g/mol. The third-order valence-electron chi connectivity index (χ3n) is 2.38. The smallest absolute Gasteiger partial charge is 0.136 e. The maximum absolute atomic E-state index is 13.4. The van der Waals surface area contributed by atoms with Gasteiger partial charge in [0, 0.05) is 21.6 Å². The van der Waals surface area contributed by atoms with Crippen LogP contribution in [0.5, 0.6) is 0 Å². The Morgan fingerprint density at radius 3 is 2.72 bits per heavy atom. The molecule has 1 nitrogen and oxygen atoms in total. The van der Waals surface area contributed by atoms with E-state index in [2.05, 4.69) is 22.0 Å². The molecule has 1 aromatic carbocycles. The minimum absolute atomic E-state index is 0.0418. The fourth-order valence-corrected chi connectivity index (χ4v) is 4.01. The summed E-state index contributed by atoms with van der Waals surface area (Å²) in [5.74, 6) is 0.546. The molecule has 1 unspecified atom stereocenters. The highest BCUT2D eigenvalue weighted by Crippen LogP contribution is 2.25. The Kier molecular flexibility index (Phi) is 5.24. The Bertz CT molecular complexity index is 515. The molecule has 18 heavy (non-hydrogen) atoms. The lowest BCUT2D eigenvalue weighted by atomic mass is 10.2. The minimum atomic E-state index is -0.173. The van der Waals surface area contributed by atoms with E-state index < -0.39 is 0 Å². The summed E-state index contributed by atoms with van der Waals surface area (Å²) in [7, 11) is 0. The number of thiophene rings is 1. The summed E-state index contributed by atoms with van der Waals surface area (Å²) in [4.78, 5) is 1.92. The molecule has 2 aromatic rings. The van der Waals surface area contributed by atoms with Gasteiger partial charge in [-0.25, -0.2) is 4.39 Å². The fraction of sp³-hybridized carbons (Fsp3) is 0.231. The van der Waals surface area contributed by atoms with Crippen LogP contribution in [-0.2, 0) is 6.42 Å². The molecule has 1 atom stereocenters. The average molecular weight is 346 g/mol. The molecular formula is C13H13BrFNS2. The van der Waals surface area contributed by atoms with Gasteiger partial charge >= 0.3 is 0 Å². The summed E-state index contributed by atoms with van der Waals surface area (Å²) in [5, 5.41) is 0. The number of thioether (sulfide) groups is 1. The molecule has 0 aliphatic rings. The van der Waals surface area contributed by atoms with Gasteiger partial charge < -0.3 is 5.73 Å². The van der Waals surface area contributed by atoms with Gasteiger partial charge in [-0.15, -0.1) is 23.1 Å². The highest BCUT2D eigenvalue weighted by Gasteiger charge is 2.08. The van der Waals surface area contributed by atoms with E-state index in [-0.39, 0.29) is 11.9 Å². The molecule has 0 aliphatic carbocycles. The second kappa shape index (κ2) is 6.70. The van der Waals surface area contributed by atoms with Gasteiger partial charge in [-0.1, -0.05) is 12.1 Å². The highest BCUT2D eigenvalue weighted by molar-refractivity contribution is 9.11. The lowest BCUT2D eigenvalue weighted by Crippen LogP contribution is -2.25. The molecule has 0 aliphatic heterocycles. The number of hydrogen-bond donors (Lipinski definition) is 1. The molecule has 5 heteroatoms. The van der Waals surface area contributed by atoms with Gasteiger partial charge in [0.25, 0.3) is 0 Å². The second-order valence-corrected chi connectivity index (χ2v) is 7.52. The van der Waals surface area contributed by atoms with Crippen molar-refractivity contribution in [1.82, 2.24) is 0 Å². The van der Waals surface area contributed by atoms with Crippen LogP contribution < -0.4 is 5.73 Å². The van der Waals surface area contributed by atoms with Gasteiger partial charge in [0.1, 0.15) is 5.82 Å². The summed E-state index contributed by atoms with van der Waals surface area (Å²) in [5.41, 5.74) is 6.06. The average Bonchev–Trinajstić information content (AvgIpc) is 2.74. The predicted molar refractivity (Wildman–Crippen MR) is 80.8 cm³/mol. The summed E-state index contributed by atoms with van der Waals surface area (Å²) >= 11 is 6.60. The fourth-order valence-electron chi connectivity index (χ4n) is 1.54. The topological polar surface area (TPSA) is 26.0 Å². The molecule has 0 bridgehead atoms. The van der Waals surface area contributed by atoms with E-state index in [0.717, 1.165) is 16.0 Å². The molecule has 0 saturated heterocycles. The molecule has 2 rings (SSSR count).